The molecule has 1 aliphatic heterocycles. The van der Waals surface area contributed by atoms with E-state index in [0.29, 0.717) is 11.6 Å². The number of halogens is 1. The Bertz CT molecular complexity index is 331. The van der Waals surface area contributed by atoms with E-state index in [9.17, 15) is 0 Å². The van der Waals surface area contributed by atoms with Crippen molar-refractivity contribution in [2.24, 2.45) is 23.7 Å². The minimum absolute atomic E-state index is 0. The molecule has 20 heavy (non-hydrogen) atoms. The predicted octanol–water partition coefficient (Wildman–Crippen LogP) is 4.43. The number of hydrogen-bond donors (Lipinski definition) is 0. The average molecular weight is 300 g/mol. The minimum Gasteiger partial charge on any atom is -0.295 e. The summed E-state index contributed by atoms with van der Waals surface area (Å²) in [6.45, 7) is 2.29. The highest BCUT2D eigenvalue weighted by molar-refractivity contribution is 5.85. The lowest BCUT2D eigenvalue weighted by Crippen LogP contribution is -2.62. The van der Waals surface area contributed by atoms with Crippen molar-refractivity contribution in [1.29, 1.82) is 0 Å². The van der Waals surface area contributed by atoms with E-state index in [-0.39, 0.29) is 12.4 Å². The van der Waals surface area contributed by atoms with Gasteiger partial charge in [0.05, 0.1) is 11.6 Å². The van der Waals surface area contributed by atoms with Crippen molar-refractivity contribution in [3.63, 3.8) is 0 Å². The van der Waals surface area contributed by atoms with Crippen LogP contribution < -0.4 is 0 Å². The molecule has 1 spiro atoms. The first-order valence-electron chi connectivity index (χ1n) is 8.63. The maximum absolute atomic E-state index is 6.28. The summed E-state index contributed by atoms with van der Waals surface area (Å²) in [6, 6.07) is 0. The molecule has 1 heterocycles. The maximum atomic E-state index is 6.28. The molecule has 0 amide bonds. The standard InChI is InChI=1S/C17H29NO.ClH/c1-3-4-5-16-11-17(18(2)19-16)14-7-12-6-13(9-14)10-15(17)8-12;/h12-16H,3-11H2,1-2H3;1H. The zero-order valence-corrected chi connectivity index (χ0v) is 13.8. The third-order valence-electron chi connectivity index (χ3n) is 6.88. The summed E-state index contributed by atoms with van der Waals surface area (Å²) in [5.74, 6) is 4.02. The smallest absolute Gasteiger partial charge is 0.0812 e. The molecule has 4 saturated carbocycles. The monoisotopic (exact) mass is 299 g/mol. The van der Waals surface area contributed by atoms with Crippen molar-refractivity contribution in [1.82, 2.24) is 5.06 Å². The molecule has 0 radical (unpaired) electrons. The highest BCUT2D eigenvalue weighted by atomic mass is 35.5. The molecule has 5 rings (SSSR count). The summed E-state index contributed by atoms with van der Waals surface area (Å²) in [7, 11) is 2.24. The second kappa shape index (κ2) is 5.44. The molecule has 1 atom stereocenters. The van der Waals surface area contributed by atoms with Gasteiger partial charge in [0.1, 0.15) is 0 Å². The second-order valence-electron chi connectivity index (χ2n) is 7.87. The van der Waals surface area contributed by atoms with Crippen molar-refractivity contribution >= 4 is 12.4 Å². The molecule has 1 unspecified atom stereocenters. The van der Waals surface area contributed by atoms with Crippen molar-refractivity contribution in [2.45, 2.75) is 76.4 Å². The Morgan fingerprint density at radius 1 is 1.05 bits per heavy atom. The van der Waals surface area contributed by atoms with Gasteiger partial charge in [-0.05, 0) is 68.6 Å². The summed E-state index contributed by atoms with van der Waals surface area (Å²) >= 11 is 0. The van der Waals surface area contributed by atoms with Crippen LogP contribution >= 0.6 is 12.4 Å². The second-order valence-corrected chi connectivity index (χ2v) is 7.87. The third-order valence-corrected chi connectivity index (χ3v) is 6.88. The Labute approximate surface area is 130 Å². The number of unbranched alkanes of at least 4 members (excludes halogenated alkanes) is 1. The highest BCUT2D eigenvalue weighted by Crippen LogP contribution is 2.63. The van der Waals surface area contributed by atoms with Gasteiger partial charge < -0.3 is 0 Å². The van der Waals surface area contributed by atoms with Crippen LogP contribution in [0.4, 0.5) is 0 Å². The van der Waals surface area contributed by atoms with Crippen LogP contribution in [0, 0.1) is 23.7 Å². The van der Waals surface area contributed by atoms with Gasteiger partial charge in [-0.15, -0.1) is 12.4 Å². The van der Waals surface area contributed by atoms with Gasteiger partial charge in [0.15, 0.2) is 0 Å². The lowest BCUT2D eigenvalue weighted by molar-refractivity contribution is -0.228. The molecule has 116 valence electrons. The van der Waals surface area contributed by atoms with Gasteiger partial charge in [-0.25, -0.2) is 0 Å². The molecule has 3 heteroatoms. The Morgan fingerprint density at radius 3 is 2.20 bits per heavy atom. The fourth-order valence-corrected chi connectivity index (χ4v) is 6.29. The van der Waals surface area contributed by atoms with E-state index in [1.54, 1.807) is 6.42 Å². The zero-order chi connectivity index (χ0) is 13.0. The Balaban J connectivity index is 0.00000121. The first-order chi connectivity index (χ1) is 9.22. The number of nitrogens with zero attached hydrogens (tertiary/aromatic N) is 1. The van der Waals surface area contributed by atoms with E-state index >= 15 is 0 Å². The van der Waals surface area contributed by atoms with E-state index in [1.165, 1.54) is 51.4 Å². The quantitative estimate of drug-likeness (QED) is 0.764. The van der Waals surface area contributed by atoms with Gasteiger partial charge in [0.25, 0.3) is 0 Å². The van der Waals surface area contributed by atoms with Crippen LogP contribution in [0.15, 0.2) is 0 Å². The zero-order valence-electron chi connectivity index (χ0n) is 13.0. The lowest BCUT2D eigenvalue weighted by Gasteiger charge is -2.61. The van der Waals surface area contributed by atoms with E-state index < -0.39 is 0 Å². The molecule has 2 nitrogen and oxygen atoms in total. The van der Waals surface area contributed by atoms with E-state index in [1.807, 2.05) is 0 Å². The van der Waals surface area contributed by atoms with Crippen molar-refractivity contribution in [2.75, 3.05) is 7.05 Å². The summed E-state index contributed by atoms with van der Waals surface area (Å²) in [6.07, 6.45) is 13.3. The Hall–Kier alpha value is 0.210. The first kappa shape index (κ1) is 15.1. The molecule has 4 aliphatic carbocycles. The highest BCUT2D eigenvalue weighted by Gasteiger charge is 2.62. The van der Waals surface area contributed by atoms with Crippen LogP contribution in [0.25, 0.3) is 0 Å². The predicted molar refractivity (Wildman–Crippen MR) is 83.8 cm³/mol. The van der Waals surface area contributed by atoms with Gasteiger partial charge in [-0.2, -0.15) is 5.06 Å². The van der Waals surface area contributed by atoms with Crippen molar-refractivity contribution in [3.8, 4) is 0 Å². The van der Waals surface area contributed by atoms with Crippen LogP contribution in [0.5, 0.6) is 0 Å². The summed E-state index contributed by atoms with van der Waals surface area (Å²) in [4.78, 5) is 6.28. The normalized spacial score (nSPS) is 49.8. The fraction of sp³-hybridized carbons (Fsp3) is 1.00. The van der Waals surface area contributed by atoms with Gasteiger partial charge in [-0.3, -0.25) is 4.84 Å². The molecule has 5 fully saturated rings. The molecule has 0 aromatic heterocycles. The summed E-state index contributed by atoms with van der Waals surface area (Å²) in [5.41, 5.74) is 0.436. The maximum Gasteiger partial charge on any atom is 0.0812 e. The number of hydrogen-bond acceptors (Lipinski definition) is 2. The molecular formula is C17H30ClNO. The SMILES string of the molecule is CCCCC1CC2(C3CC4CC(C3)CC2C4)N(C)O1.Cl. The molecule has 4 bridgehead atoms. The summed E-state index contributed by atoms with van der Waals surface area (Å²) in [5, 5.41) is 2.35. The van der Waals surface area contributed by atoms with Crippen LogP contribution in [0.2, 0.25) is 0 Å². The molecule has 5 aliphatic rings. The Kier molecular flexibility index (Phi) is 4.11. The third kappa shape index (κ3) is 2.06. The van der Waals surface area contributed by atoms with Crippen LogP contribution in [0.3, 0.4) is 0 Å². The van der Waals surface area contributed by atoms with E-state index in [4.69, 9.17) is 4.84 Å². The molecule has 0 aromatic rings. The van der Waals surface area contributed by atoms with E-state index in [0.717, 1.165) is 23.7 Å². The molecule has 0 N–H and O–H groups in total. The largest absolute Gasteiger partial charge is 0.295 e. The topological polar surface area (TPSA) is 12.5 Å². The average Bonchev–Trinajstić information content (AvgIpc) is 2.71. The van der Waals surface area contributed by atoms with Gasteiger partial charge >= 0.3 is 0 Å². The lowest BCUT2D eigenvalue weighted by atomic mass is 9.47. The molecule has 1 saturated heterocycles. The van der Waals surface area contributed by atoms with Crippen LogP contribution in [-0.4, -0.2) is 23.8 Å². The van der Waals surface area contributed by atoms with Crippen LogP contribution in [0.1, 0.15) is 64.7 Å². The first-order valence-corrected chi connectivity index (χ1v) is 8.63. The van der Waals surface area contributed by atoms with Gasteiger partial charge in [-0.1, -0.05) is 19.8 Å². The number of hydroxylamine groups is 2. The van der Waals surface area contributed by atoms with Crippen LogP contribution in [-0.2, 0) is 4.84 Å². The number of rotatable bonds is 3. The van der Waals surface area contributed by atoms with Crippen molar-refractivity contribution < 1.29 is 4.84 Å². The fourth-order valence-electron chi connectivity index (χ4n) is 6.29. The van der Waals surface area contributed by atoms with Gasteiger partial charge in [0, 0.05) is 7.05 Å². The summed E-state index contributed by atoms with van der Waals surface area (Å²) < 4.78 is 0. The van der Waals surface area contributed by atoms with Gasteiger partial charge in [0.2, 0.25) is 0 Å². The molecule has 0 aromatic carbocycles. The van der Waals surface area contributed by atoms with E-state index in [2.05, 4.69) is 19.0 Å². The molecular weight excluding hydrogens is 270 g/mol. The van der Waals surface area contributed by atoms with Crippen molar-refractivity contribution in [3.05, 3.63) is 0 Å². The minimum atomic E-state index is 0. The Morgan fingerprint density at radius 2 is 1.65 bits per heavy atom.